The molecule has 5 heteroatoms. The fourth-order valence-corrected chi connectivity index (χ4v) is 4.40. The third kappa shape index (κ3) is 1.90. The van der Waals surface area contributed by atoms with Gasteiger partial charge in [-0.05, 0) is 18.4 Å². The first-order valence-electron chi connectivity index (χ1n) is 4.68. The highest BCUT2D eigenvalue weighted by molar-refractivity contribution is 8.77. The van der Waals surface area contributed by atoms with Gasteiger partial charge in [0.2, 0.25) is 0 Å². The summed E-state index contributed by atoms with van der Waals surface area (Å²) in [5, 5.41) is 18.0. The van der Waals surface area contributed by atoms with Crippen molar-refractivity contribution >= 4 is 27.5 Å². The van der Waals surface area contributed by atoms with E-state index in [0.29, 0.717) is 16.7 Å². The molecule has 2 rings (SSSR count). The number of fused-ring (bicyclic) bond motifs is 1. The molecule has 15 heavy (non-hydrogen) atoms. The van der Waals surface area contributed by atoms with Crippen molar-refractivity contribution in [1.29, 1.82) is 10.5 Å². The van der Waals surface area contributed by atoms with Crippen molar-refractivity contribution in [2.45, 2.75) is 25.0 Å². The van der Waals surface area contributed by atoms with E-state index in [0.717, 1.165) is 18.4 Å². The van der Waals surface area contributed by atoms with E-state index in [4.69, 9.17) is 10.5 Å². The van der Waals surface area contributed by atoms with E-state index in [2.05, 4.69) is 11.3 Å². The molecule has 0 aromatic rings. The van der Waals surface area contributed by atoms with E-state index < -0.39 is 0 Å². The van der Waals surface area contributed by atoms with Gasteiger partial charge in [-0.3, -0.25) is 0 Å². The molecule has 0 N–H and O–H groups in total. The van der Waals surface area contributed by atoms with Crippen molar-refractivity contribution in [2.24, 2.45) is 10.3 Å². The van der Waals surface area contributed by atoms with Crippen molar-refractivity contribution < 1.29 is 0 Å². The van der Waals surface area contributed by atoms with Crippen LogP contribution in [0.25, 0.3) is 0 Å². The molecule has 1 aliphatic heterocycles. The Morgan fingerprint density at radius 3 is 2.80 bits per heavy atom. The lowest BCUT2D eigenvalue weighted by molar-refractivity contribution is 0.677. The van der Waals surface area contributed by atoms with Crippen LogP contribution in [0.2, 0.25) is 0 Å². The van der Waals surface area contributed by atoms with E-state index in [1.807, 2.05) is 12.1 Å². The SMILES string of the molecule is CC1CC(=C(C#N)C#N)CC2SSN=C12. The van der Waals surface area contributed by atoms with Crippen molar-refractivity contribution in [3.63, 3.8) is 0 Å². The highest BCUT2D eigenvalue weighted by Gasteiger charge is 2.34. The standard InChI is InChI=1S/C10H9N3S2/c1-6-2-7(8(4-11)5-12)3-9-10(6)13-15-14-9/h6,9H,2-3H2,1H3. The Bertz CT molecular complexity index is 409. The minimum absolute atomic E-state index is 0.304. The minimum atomic E-state index is 0.304. The molecule has 2 unspecified atom stereocenters. The first kappa shape index (κ1) is 10.6. The Morgan fingerprint density at radius 1 is 1.40 bits per heavy atom. The molecule has 0 aromatic carbocycles. The summed E-state index contributed by atoms with van der Waals surface area (Å²) in [7, 11) is 3.26. The zero-order chi connectivity index (χ0) is 10.8. The second kappa shape index (κ2) is 4.30. The second-order valence-electron chi connectivity index (χ2n) is 3.69. The van der Waals surface area contributed by atoms with Crippen molar-refractivity contribution in [3.05, 3.63) is 11.1 Å². The monoisotopic (exact) mass is 235 g/mol. The molecular weight excluding hydrogens is 226 g/mol. The van der Waals surface area contributed by atoms with Crippen molar-refractivity contribution in [1.82, 2.24) is 0 Å². The summed E-state index contributed by atoms with van der Waals surface area (Å²) in [6.45, 7) is 2.11. The van der Waals surface area contributed by atoms with Crippen molar-refractivity contribution in [3.8, 4) is 12.1 Å². The Balaban J connectivity index is 2.29. The largest absolute Gasteiger partial charge is 0.212 e. The maximum atomic E-state index is 8.83. The summed E-state index contributed by atoms with van der Waals surface area (Å²) < 4.78 is 4.39. The van der Waals surface area contributed by atoms with Crippen LogP contribution in [0.5, 0.6) is 0 Å². The van der Waals surface area contributed by atoms with Gasteiger partial charge in [0, 0.05) is 22.6 Å². The number of hydrogen-bond donors (Lipinski definition) is 0. The molecule has 1 saturated carbocycles. The molecule has 2 aliphatic rings. The van der Waals surface area contributed by atoms with Crippen LogP contribution in [0.4, 0.5) is 0 Å². The van der Waals surface area contributed by atoms with E-state index >= 15 is 0 Å². The van der Waals surface area contributed by atoms with Crippen LogP contribution in [-0.4, -0.2) is 11.0 Å². The van der Waals surface area contributed by atoms with Gasteiger partial charge >= 0.3 is 0 Å². The summed E-state index contributed by atoms with van der Waals surface area (Å²) in [5.41, 5.74) is 2.55. The van der Waals surface area contributed by atoms with Gasteiger partial charge in [-0.15, -0.1) is 0 Å². The molecule has 0 bridgehead atoms. The molecule has 76 valence electrons. The average molecular weight is 235 g/mol. The second-order valence-corrected chi connectivity index (χ2v) is 5.80. The third-order valence-electron chi connectivity index (χ3n) is 2.70. The first-order valence-corrected chi connectivity index (χ1v) is 6.85. The quantitative estimate of drug-likeness (QED) is 0.368. The zero-order valence-corrected chi connectivity index (χ0v) is 9.86. The predicted octanol–water partition coefficient (Wildman–Crippen LogP) is 2.88. The fourth-order valence-electron chi connectivity index (χ4n) is 1.94. The fraction of sp³-hybridized carbons (Fsp3) is 0.500. The van der Waals surface area contributed by atoms with Crippen LogP contribution in [0.1, 0.15) is 19.8 Å². The zero-order valence-electron chi connectivity index (χ0n) is 8.23. The highest BCUT2D eigenvalue weighted by atomic mass is 33.1. The van der Waals surface area contributed by atoms with Crippen LogP contribution >= 0.6 is 21.8 Å². The summed E-state index contributed by atoms with van der Waals surface area (Å²) in [5.74, 6) is 0.373. The summed E-state index contributed by atoms with van der Waals surface area (Å²) in [6, 6.07) is 3.97. The van der Waals surface area contributed by atoms with Crippen LogP contribution in [0.3, 0.4) is 0 Å². The molecule has 3 nitrogen and oxygen atoms in total. The Kier molecular flexibility index (Phi) is 3.04. The van der Waals surface area contributed by atoms with Gasteiger partial charge < -0.3 is 0 Å². The van der Waals surface area contributed by atoms with Gasteiger partial charge in [-0.2, -0.15) is 10.5 Å². The number of rotatable bonds is 0. The van der Waals surface area contributed by atoms with Gasteiger partial charge in [0.05, 0.1) is 5.25 Å². The summed E-state index contributed by atoms with van der Waals surface area (Å²) in [4.78, 5) is 0. The van der Waals surface area contributed by atoms with Crippen LogP contribution < -0.4 is 0 Å². The van der Waals surface area contributed by atoms with Crippen molar-refractivity contribution in [2.75, 3.05) is 0 Å². The number of nitrogens with zero attached hydrogens (tertiary/aromatic N) is 3. The minimum Gasteiger partial charge on any atom is -0.212 e. The summed E-state index contributed by atoms with van der Waals surface area (Å²) >= 11 is 0. The van der Waals surface area contributed by atoms with Gasteiger partial charge in [0.1, 0.15) is 17.7 Å². The Morgan fingerprint density at radius 2 is 2.13 bits per heavy atom. The normalized spacial score (nSPS) is 28.7. The maximum Gasteiger partial charge on any atom is 0.128 e. The van der Waals surface area contributed by atoms with E-state index in [-0.39, 0.29) is 0 Å². The van der Waals surface area contributed by atoms with Gasteiger partial charge in [0.15, 0.2) is 0 Å². The molecule has 0 radical (unpaired) electrons. The van der Waals surface area contributed by atoms with Crippen LogP contribution in [0.15, 0.2) is 15.5 Å². The molecule has 0 aromatic heterocycles. The predicted molar refractivity (Wildman–Crippen MR) is 63.1 cm³/mol. The van der Waals surface area contributed by atoms with E-state index in [1.54, 1.807) is 10.8 Å². The lowest BCUT2D eigenvalue weighted by Gasteiger charge is -2.25. The molecule has 1 fully saturated rings. The lowest BCUT2D eigenvalue weighted by Crippen LogP contribution is -2.28. The number of hydrogen-bond acceptors (Lipinski definition) is 5. The smallest absolute Gasteiger partial charge is 0.128 e. The first-order chi connectivity index (χ1) is 7.26. The Hall–Kier alpha value is -0.910. The average Bonchev–Trinajstić information content (AvgIpc) is 2.68. The molecule has 1 aliphatic carbocycles. The van der Waals surface area contributed by atoms with Gasteiger partial charge in [0.25, 0.3) is 0 Å². The van der Waals surface area contributed by atoms with Crippen LogP contribution in [0, 0.1) is 28.6 Å². The maximum absolute atomic E-state index is 8.83. The third-order valence-corrected chi connectivity index (χ3v) is 4.89. The molecule has 0 spiro atoms. The molecule has 0 saturated heterocycles. The number of allylic oxidation sites excluding steroid dienone is 2. The van der Waals surface area contributed by atoms with Gasteiger partial charge in [-0.25, -0.2) is 4.40 Å². The topological polar surface area (TPSA) is 59.9 Å². The van der Waals surface area contributed by atoms with E-state index in [1.165, 1.54) is 16.7 Å². The molecule has 2 atom stereocenters. The molecule has 1 heterocycles. The molecular formula is C10H9N3S2. The van der Waals surface area contributed by atoms with E-state index in [9.17, 15) is 0 Å². The Labute approximate surface area is 96.8 Å². The number of nitriles is 2. The van der Waals surface area contributed by atoms with Gasteiger partial charge in [-0.1, -0.05) is 17.7 Å². The van der Waals surface area contributed by atoms with Crippen LogP contribution in [-0.2, 0) is 0 Å². The molecule has 0 amide bonds. The summed E-state index contributed by atoms with van der Waals surface area (Å²) in [6.07, 6.45) is 1.63. The highest BCUT2D eigenvalue weighted by Crippen LogP contribution is 2.45. The lowest BCUT2D eigenvalue weighted by atomic mass is 9.83.